The lowest BCUT2D eigenvalue weighted by atomic mass is 10.0. The lowest BCUT2D eigenvalue weighted by Gasteiger charge is -2.22. The summed E-state index contributed by atoms with van der Waals surface area (Å²) in [6.45, 7) is 2.01. The van der Waals surface area contributed by atoms with E-state index in [1.165, 1.54) is 6.07 Å². The minimum absolute atomic E-state index is 0.00964. The molecule has 0 aliphatic carbocycles. The van der Waals surface area contributed by atoms with Gasteiger partial charge in [-0.05, 0) is 36.2 Å². The molecule has 3 rings (SSSR count). The van der Waals surface area contributed by atoms with Crippen molar-refractivity contribution < 1.29 is 13.2 Å². The number of amidine groups is 1. The maximum Gasteiger partial charge on any atom is 0.285 e. The second kappa shape index (κ2) is 7.82. The van der Waals surface area contributed by atoms with E-state index in [1.54, 1.807) is 30.1 Å². The van der Waals surface area contributed by atoms with Gasteiger partial charge in [0.2, 0.25) is 5.91 Å². The summed E-state index contributed by atoms with van der Waals surface area (Å²) in [5.74, 6) is 0.0918. The van der Waals surface area contributed by atoms with Crippen molar-refractivity contribution in [3.8, 4) is 0 Å². The molecule has 8 heteroatoms. The molecule has 1 aliphatic heterocycles. The molecule has 1 aliphatic rings. The Balaban J connectivity index is 1.72. The van der Waals surface area contributed by atoms with Crippen LogP contribution in [0, 0.1) is 0 Å². The molecule has 0 saturated heterocycles. The highest BCUT2D eigenvalue weighted by Gasteiger charge is 2.31. The minimum atomic E-state index is -3.70. The third-order valence-electron chi connectivity index (χ3n) is 4.37. The van der Waals surface area contributed by atoms with Crippen LogP contribution in [0.15, 0.2) is 62.3 Å². The van der Waals surface area contributed by atoms with E-state index >= 15 is 0 Å². The molecule has 2 aromatic carbocycles. The van der Waals surface area contributed by atoms with Crippen molar-refractivity contribution in [2.45, 2.75) is 24.3 Å². The predicted octanol–water partition coefficient (Wildman–Crippen LogP) is 3.10. The second-order valence-electron chi connectivity index (χ2n) is 6.32. The van der Waals surface area contributed by atoms with E-state index < -0.39 is 10.0 Å². The average molecular weight is 450 g/mol. The van der Waals surface area contributed by atoms with Crippen LogP contribution < -0.4 is 5.32 Å². The summed E-state index contributed by atoms with van der Waals surface area (Å²) in [6, 6.07) is 14.3. The van der Waals surface area contributed by atoms with Crippen molar-refractivity contribution in [1.29, 1.82) is 0 Å². The predicted molar refractivity (Wildman–Crippen MR) is 108 cm³/mol. The highest BCUT2D eigenvalue weighted by atomic mass is 79.9. The molecule has 0 bridgehead atoms. The quantitative estimate of drug-likeness (QED) is 0.760. The number of fused-ring (bicyclic) bond motifs is 1. The Labute approximate surface area is 167 Å². The largest absolute Gasteiger partial charge is 0.349 e. The second-order valence-corrected chi connectivity index (χ2v) is 8.81. The smallest absolute Gasteiger partial charge is 0.285 e. The zero-order valence-electron chi connectivity index (χ0n) is 15.0. The monoisotopic (exact) mass is 449 g/mol. The van der Waals surface area contributed by atoms with Crippen molar-refractivity contribution in [2.75, 3.05) is 13.6 Å². The van der Waals surface area contributed by atoms with Crippen molar-refractivity contribution in [1.82, 2.24) is 10.2 Å². The number of amides is 1. The summed E-state index contributed by atoms with van der Waals surface area (Å²) in [5.41, 5.74) is 1.54. The van der Waals surface area contributed by atoms with Gasteiger partial charge in [-0.2, -0.15) is 8.42 Å². The molecular formula is C19H20BrN3O3S. The number of carbonyl (C=O) groups excluding carboxylic acids is 1. The van der Waals surface area contributed by atoms with Gasteiger partial charge in [0.05, 0.1) is 12.6 Å². The van der Waals surface area contributed by atoms with E-state index in [4.69, 9.17) is 0 Å². The first-order valence-corrected chi connectivity index (χ1v) is 10.8. The van der Waals surface area contributed by atoms with Crippen molar-refractivity contribution >= 4 is 37.7 Å². The Hall–Kier alpha value is -2.19. The summed E-state index contributed by atoms with van der Waals surface area (Å²) in [5, 5.41) is 3.00. The lowest BCUT2D eigenvalue weighted by Crippen LogP contribution is -2.39. The number of nitrogens with zero attached hydrogens (tertiary/aromatic N) is 2. The third kappa shape index (κ3) is 4.22. The van der Waals surface area contributed by atoms with Gasteiger partial charge in [0.25, 0.3) is 10.0 Å². The van der Waals surface area contributed by atoms with Gasteiger partial charge in [-0.25, -0.2) is 0 Å². The summed E-state index contributed by atoms with van der Waals surface area (Å²) < 4.78 is 29.2. The molecule has 0 spiro atoms. The normalized spacial score (nSPS) is 15.6. The molecule has 1 atom stereocenters. The van der Waals surface area contributed by atoms with Crippen LogP contribution in [-0.2, 0) is 14.8 Å². The van der Waals surface area contributed by atoms with Crippen LogP contribution in [0.3, 0.4) is 0 Å². The van der Waals surface area contributed by atoms with Gasteiger partial charge in [0.1, 0.15) is 4.90 Å². The summed E-state index contributed by atoms with van der Waals surface area (Å²) in [4.78, 5) is 14.3. The molecular weight excluding hydrogens is 430 g/mol. The number of benzene rings is 2. The number of rotatable bonds is 5. The molecule has 1 unspecified atom stereocenters. The molecule has 1 heterocycles. The Morgan fingerprint density at radius 2 is 1.85 bits per heavy atom. The fourth-order valence-corrected chi connectivity index (χ4v) is 4.53. The Morgan fingerprint density at radius 1 is 1.19 bits per heavy atom. The van der Waals surface area contributed by atoms with Gasteiger partial charge in [0.15, 0.2) is 5.84 Å². The molecule has 6 nitrogen and oxygen atoms in total. The van der Waals surface area contributed by atoms with Gasteiger partial charge >= 0.3 is 0 Å². The van der Waals surface area contributed by atoms with Crippen molar-refractivity contribution in [2.24, 2.45) is 4.40 Å². The van der Waals surface area contributed by atoms with E-state index in [9.17, 15) is 13.2 Å². The highest BCUT2D eigenvalue weighted by Crippen LogP contribution is 2.27. The number of nitrogens with one attached hydrogen (secondary N) is 1. The molecule has 2 aromatic rings. The average Bonchev–Trinajstić information content (AvgIpc) is 2.92. The first kappa shape index (κ1) is 19.6. The van der Waals surface area contributed by atoms with E-state index in [0.717, 1.165) is 16.5 Å². The number of likely N-dealkylation sites (N-methyl/N-ethyl adjacent to an activating group) is 1. The zero-order chi connectivity index (χ0) is 19.6. The summed E-state index contributed by atoms with van der Waals surface area (Å²) in [7, 11) is -2.04. The molecule has 1 N–H and O–H groups in total. The topological polar surface area (TPSA) is 78.8 Å². The van der Waals surface area contributed by atoms with E-state index in [2.05, 4.69) is 25.6 Å². The molecule has 0 saturated carbocycles. The van der Waals surface area contributed by atoms with E-state index in [1.807, 2.05) is 31.2 Å². The molecule has 0 fully saturated rings. The Morgan fingerprint density at radius 3 is 2.52 bits per heavy atom. The van der Waals surface area contributed by atoms with Crippen molar-refractivity contribution in [3.63, 3.8) is 0 Å². The maximum atomic E-state index is 12.5. The molecule has 0 radical (unpaired) electrons. The molecule has 0 aromatic heterocycles. The first-order valence-electron chi connectivity index (χ1n) is 8.52. The van der Waals surface area contributed by atoms with E-state index in [0.29, 0.717) is 5.56 Å². The van der Waals surface area contributed by atoms with Crippen molar-refractivity contribution in [3.05, 3.63) is 64.1 Å². The van der Waals surface area contributed by atoms with Crippen LogP contribution in [0.4, 0.5) is 0 Å². The third-order valence-corrected chi connectivity index (χ3v) is 6.22. The van der Waals surface area contributed by atoms with Gasteiger partial charge in [-0.1, -0.05) is 47.1 Å². The Bertz CT molecular complexity index is 988. The van der Waals surface area contributed by atoms with Crippen LogP contribution in [0.1, 0.15) is 30.5 Å². The minimum Gasteiger partial charge on any atom is -0.349 e. The van der Waals surface area contributed by atoms with Gasteiger partial charge < -0.3 is 10.2 Å². The number of sulfonamides is 1. The number of halogens is 1. The molecule has 1 amide bonds. The highest BCUT2D eigenvalue weighted by molar-refractivity contribution is 9.10. The zero-order valence-corrected chi connectivity index (χ0v) is 17.4. The summed E-state index contributed by atoms with van der Waals surface area (Å²) in [6.07, 6.45) is 0.745. The lowest BCUT2D eigenvalue weighted by molar-refractivity contribution is -0.122. The van der Waals surface area contributed by atoms with Crippen LogP contribution >= 0.6 is 15.9 Å². The van der Waals surface area contributed by atoms with Crippen LogP contribution in [0.2, 0.25) is 0 Å². The van der Waals surface area contributed by atoms with Gasteiger partial charge in [-0.15, -0.1) is 4.40 Å². The number of carbonyl (C=O) groups is 1. The fourth-order valence-electron chi connectivity index (χ4n) is 3.01. The van der Waals surface area contributed by atoms with Crippen LogP contribution in [-0.4, -0.2) is 38.7 Å². The summed E-state index contributed by atoms with van der Waals surface area (Å²) >= 11 is 3.40. The Kier molecular flexibility index (Phi) is 5.67. The van der Waals surface area contributed by atoms with Gasteiger partial charge in [0, 0.05) is 17.1 Å². The number of hydrogen-bond acceptors (Lipinski definition) is 4. The number of hydrogen-bond donors (Lipinski definition) is 1. The maximum absolute atomic E-state index is 12.5. The fraction of sp³-hybridized carbons (Fsp3) is 0.263. The SMILES string of the molecule is CCC(NC(=O)CN(C)C1=NS(=O)(=O)c2ccccc21)c1ccc(Br)cc1. The van der Waals surface area contributed by atoms with Crippen LogP contribution in [0.25, 0.3) is 0 Å². The van der Waals surface area contributed by atoms with Crippen LogP contribution in [0.5, 0.6) is 0 Å². The van der Waals surface area contributed by atoms with E-state index in [-0.39, 0.29) is 29.2 Å². The molecule has 142 valence electrons. The standard InChI is InChI=1S/C19H20BrN3O3S/c1-3-16(13-8-10-14(20)11-9-13)21-18(24)12-23(2)19-15-6-4-5-7-17(15)27(25,26)22-19/h4-11,16H,3,12H2,1-2H3,(H,21,24). The first-order chi connectivity index (χ1) is 12.8. The molecule has 27 heavy (non-hydrogen) atoms. The van der Waals surface area contributed by atoms with Gasteiger partial charge in [-0.3, -0.25) is 4.79 Å².